The van der Waals surface area contributed by atoms with Crippen LogP contribution in [0.25, 0.3) is 0 Å². The molecule has 0 bridgehead atoms. The Bertz CT molecular complexity index is 1430. The van der Waals surface area contributed by atoms with Gasteiger partial charge in [0.25, 0.3) is 10.0 Å². The summed E-state index contributed by atoms with van der Waals surface area (Å²) in [6.07, 6.45) is 1.11. The molecule has 3 rings (SSSR count). The first-order chi connectivity index (χ1) is 19.0. The summed E-state index contributed by atoms with van der Waals surface area (Å²) in [7, 11) is -4.15. The van der Waals surface area contributed by atoms with Crippen molar-refractivity contribution in [3.63, 3.8) is 0 Å². The highest BCUT2D eigenvalue weighted by molar-refractivity contribution is 7.92. The minimum atomic E-state index is -4.15. The van der Waals surface area contributed by atoms with Crippen LogP contribution in [-0.2, 0) is 26.2 Å². The summed E-state index contributed by atoms with van der Waals surface area (Å²) in [6.45, 7) is 9.17. The Labute approximate surface area is 243 Å². The third-order valence-corrected chi connectivity index (χ3v) is 9.08. The molecule has 0 heterocycles. The number of hydrogen-bond acceptors (Lipinski definition) is 4. The number of carbonyl (C=O) groups is 2. The van der Waals surface area contributed by atoms with Crippen molar-refractivity contribution in [2.75, 3.05) is 10.8 Å². The van der Waals surface area contributed by atoms with Gasteiger partial charge in [0, 0.05) is 17.6 Å². The monoisotopic (exact) mass is 583 g/mol. The first kappa shape index (κ1) is 31.2. The summed E-state index contributed by atoms with van der Waals surface area (Å²) >= 11 is 6.02. The second-order valence-electron chi connectivity index (χ2n) is 9.94. The molecule has 0 aliphatic rings. The van der Waals surface area contributed by atoms with E-state index in [9.17, 15) is 18.0 Å². The van der Waals surface area contributed by atoms with Crippen molar-refractivity contribution < 1.29 is 18.0 Å². The number of rotatable bonds is 12. The first-order valence-electron chi connectivity index (χ1n) is 13.5. The molecule has 2 amide bonds. The van der Waals surface area contributed by atoms with E-state index >= 15 is 0 Å². The van der Waals surface area contributed by atoms with E-state index in [2.05, 4.69) is 5.32 Å². The SMILES string of the molecule is CC[C@H](C)NC(=O)[C@H](CC)N(Cc1ccccc1C)C(=O)CN(c1ccccc1C)S(=O)(=O)c1ccc(Cl)cc1. The number of nitrogens with one attached hydrogen (secondary N) is 1. The highest BCUT2D eigenvalue weighted by atomic mass is 35.5. The molecule has 1 N–H and O–H groups in total. The molecule has 40 heavy (non-hydrogen) atoms. The third kappa shape index (κ3) is 7.43. The summed E-state index contributed by atoms with van der Waals surface area (Å²) in [5, 5.41) is 3.40. The molecule has 0 unspecified atom stereocenters. The van der Waals surface area contributed by atoms with E-state index in [1.54, 1.807) is 25.1 Å². The van der Waals surface area contributed by atoms with E-state index in [0.717, 1.165) is 21.9 Å². The van der Waals surface area contributed by atoms with Crippen molar-refractivity contribution in [3.05, 3.63) is 94.5 Å². The molecule has 3 aromatic rings. The van der Waals surface area contributed by atoms with Gasteiger partial charge in [-0.2, -0.15) is 0 Å². The Kier molecular flexibility index (Phi) is 10.8. The topological polar surface area (TPSA) is 86.8 Å². The molecular weight excluding hydrogens is 546 g/mol. The van der Waals surface area contributed by atoms with Crippen molar-refractivity contribution in [1.29, 1.82) is 0 Å². The zero-order valence-electron chi connectivity index (χ0n) is 23.7. The molecule has 0 fully saturated rings. The number of anilines is 1. The zero-order chi connectivity index (χ0) is 29.4. The third-order valence-electron chi connectivity index (χ3n) is 7.05. The van der Waals surface area contributed by atoms with Gasteiger partial charge >= 0.3 is 0 Å². The minimum absolute atomic E-state index is 0.0139. The lowest BCUT2D eigenvalue weighted by atomic mass is 10.1. The maximum absolute atomic E-state index is 14.2. The van der Waals surface area contributed by atoms with Crippen LogP contribution in [0.1, 0.15) is 50.3 Å². The van der Waals surface area contributed by atoms with Crippen molar-refractivity contribution in [2.24, 2.45) is 0 Å². The van der Waals surface area contributed by atoms with Crippen LogP contribution >= 0.6 is 11.6 Å². The molecular formula is C31H38ClN3O4S. The van der Waals surface area contributed by atoms with Crippen LogP contribution in [-0.4, -0.2) is 43.8 Å². The van der Waals surface area contributed by atoms with Crippen LogP contribution in [0.4, 0.5) is 5.69 Å². The Hall–Kier alpha value is -3.36. The van der Waals surface area contributed by atoms with E-state index in [4.69, 9.17) is 11.6 Å². The number of hydrogen-bond donors (Lipinski definition) is 1. The Morgan fingerprint density at radius 3 is 2.05 bits per heavy atom. The molecule has 2 atom stereocenters. The summed E-state index contributed by atoms with van der Waals surface area (Å²) in [6, 6.07) is 19.7. The Balaban J connectivity index is 2.08. The quantitative estimate of drug-likeness (QED) is 0.289. The van der Waals surface area contributed by atoms with Crippen LogP contribution in [0.5, 0.6) is 0 Å². The fourth-order valence-electron chi connectivity index (χ4n) is 4.42. The van der Waals surface area contributed by atoms with Crippen LogP contribution < -0.4 is 9.62 Å². The molecule has 0 saturated heterocycles. The lowest BCUT2D eigenvalue weighted by Gasteiger charge is -2.34. The summed E-state index contributed by atoms with van der Waals surface area (Å²) in [5.74, 6) is -0.739. The number of sulfonamides is 1. The zero-order valence-corrected chi connectivity index (χ0v) is 25.3. The Morgan fingerprint density at radius 1 is 0.875 bits per heavy atom. The molecule has 0 radical (unpaired) electrons. The van der Waals surface area contributed by atoms with Gasteiger partial charge in [0.2, 0.25) is 11.8 Å². The average molecular weight is 584 g/mol. The van der Waals surface area contributed by atoms with Gasteiger partial charge in [-0.25, -0.2) is 8.42 Å². The predicted molar refractivity (Wildman–Crippen MR) is 161 cm³/mol. The number of benzene rings is 3. The Morgan fingerprint density at radius 2 is 1.48 bits per heavy atom. The first-order valence-corrected chi connectivity index (χ1v) is 15.3. The molecule has 3 aromatic carbocycles. The largest absolute Gasteiger partial charge is 0.352 e. The molecule has 0 aliphatic carbocycles. The molecule has 0 saturated carbocycles. The number of halogens is 1. The molecule has 0 aliphatic heterocycles. The van der Waals surface area contributed by atoms with Crippen molar-refractivity contribution in [1.82, 2.24) is 10.2 Å². The molecule has 7 nitrogen and oxygen atoms in total. The molecule has 214 valence electrons. The van der Waals surface area contributed by atoms with Gasteiger partial charge in [-0.3, -0.25) is 13.9 Å². The number of aryl methyl sites for hydroxylation is 2. The number of carbonyl (C=O) groups excluding carboxylic acids is 2. The van der Waals surface area contributed by atoms with Crippen molar-refractivity contribution in [2.45, 2.75) is 71.0 Å². The fraction of sp³-hybridized carbons (Fsp3) is 0.355. The van der Waals surface area contributed by atoms with E-state index in [1.165, 1.54) is 29.2 Å². The number of para-hydroxylation sites is 1. The fourth-order valence-corrected chi connectivity index (χ4v) is 6.03. The summed E-state index contributed by atoms with van der Waals surface area (Å²) in [4.78, 5) is 29.1. The number of nitrogens with zero attached hydrogens (tertiary/aromatic N) is 2. The standard InChI is InChI=1S/C31H38ClN3O4S/c1-6-24(5)33-31(37)28(7-2)34(20-25-14-10-8-12-22(25)3)30(36)21-35(29-15-11-9-13-23(29)4)40(38,39)27-18-16-26(32)17-19-27/h8-19,24,28H,6-7,20-21H2,1-5H3,(H,33,37)/t24-,28-/m0/s1. The highest BCUT2D eigenvalue weighted by Crippen LogP contribution is 2.28. The smallest absolute Gasteiger partial charge is 0.264 e. The molecule has 0 spiro atoms. The van der Waals surface area contributed by atoms with Crippen LogP contribution in [0.15, 0.2) is 77.7 Å². The van der Waals surface area contributed by atoms with Crippen molar-refractivity contribution in [3.8, 4) is 0 Å². The van der Waals surface area contributed by atoms with Gasteiger partial charge in [-0.15, -0.1) is 0 Å². The van der Waals surface area contributed by atoms with E-state index in [-0.39, 0.29) is 23.4 Å². The number of amides is 2. The highest BCUT2D eigenvalue weighted by Gasteiger charge is 2.34. The average Bonchev–Trinajstić information content (AvgIpc) is 2.93. The van der Waals surface area contributed by atoms with Gasteiger partial charge in [0.1, 0.15) is 12.6 Å². The minimum Gasteiger partial charge on any atom is -0.352 e. The van der Waals surface area contributed by atoms with Crippen LogP contribution in [0.2, 0.25) is 5.02 Å². The van der Waals surface area contributed by atoms with E-state index in [1.807, 2.05) is 58.0 Å². The van der Waals surface area contributed by atoms with Gasteiger partial charge in [-0.05, 0) is 80.6 Å². The summed E-state index contributed by atoms with van der Waals surface area (Å²) in [5.41, 5.74) is 2.94. The maximum Gasteiger partial charge on any atom is 0.264 e. The second kappa shape index (κ2) is 13.8. The van der Waals surface area contributed by atoms with Crippen LogP contribution in [0.3, 0.4) is 0 Å². The predicted octanol–water partition coefficient (Wildman–Crippen LogP) is 5.87. The normalized spacial score (nSPS) is 12.8. The van der Waals surface area contributed by atoms with Gasteiger partial charge < -0.3 is 10.2 Å². The van der Waals surface area contributed by atoms with E-state index in [0.29, 0.717) is 22.7 Å². The molecule has 0 aromatic heterocycles. The van der Waals surface area contributed by atoms with Gasteiger partial charge in [0.05, 0.1) is 10.6 Å². The maximum atomic E-state index is 14.2. The molecule has 9 heteroatoms. The van der Waals surface area contributed by atoms with Gasteiger partial charge in [0.15, 0.2) is 0 Å². The summed E-state index contributed by atoms with van der Waals surface area (Å²) < 4.78 is 29.0. The van der Waals surface area contributed by atoms with Gasteiger partial charge in [-0.1, -0.05) is 67.9 Å². The van der Waals surface area contributed by atoms with E-state index < -0.39 is 28.5 Å². The lowest BCUT2D eigenvalue weighted by Crippen LogP contribution is -2.53. The van der Waals surface area contributed by atoms with Crippen LogP contribution in [0, 0.1) is 13.8 Å². The lowest BCUT2D eigenvalue weighted by molar-refractivity contribution is -0.140. The second-order valence-corrected chi connectivity index (χ2v) is 12.2. The van der Waals surface area contributed by atoms with Crippen molar-refractivity contribution >= 4 is 39.1 Å².